The highest BCUT2D eigenvalue weighted by Crippen LogP contribution is 2.16. The smallest absolute Gasteiger partial charge is 0.313 e. The maximum atomic E-state index is 12.1. The predicted octanol–water partition coefficient (Wildman–Crippen LogP) is 2.90. The van der Waals surface area contributed by atoms with E-state index >= 15 is 0 Å². The van der Waals surface area contributed by atoms with Crippen LogP contribution in [0.1, 0.15) is 16.7 Å². The largest absolute Gasteiger partial charge is 0.333 e. The topological polar surface area (TPSA) is 49.4 Å². The van der Waals surface area contributed by atoms with Gasteiger partial charge < -0.3 is 10.2 Å². The second-order valence-electron chi connectivity index (χ2n) is 5.42. The first-order chi connectivity index (χ1) is 10.5. The Morgan fingerprint density at radius 3 is 2.36 bits per heavy atom. The maximum absolute atomic E-state index is 12.1. The number of amides is 2. The maximum Gasteiger partial charge on any atom is 0.313 e. The number of aryl methyl sites for hydroxylation is 2. The molecule has 2 aromatic rings. The third-order valence-corrected chi connectivity index (χ3v) is 3.43. The first kappa shape index (κ1) is 15.8. The second kappa shape index (κ2) is 6.89. The van der Waals surface area contributed by atoms with Crippen LogP contribution in [0.2, 0.25) is 0 Å². The molecule has 114 valence electrons. The number of carbonyl (C=O) groups excluding carboxylic acids is 2. The van der Waals surface area contributed by atoms with Gasteiger partial charge in [-0.05, 0) is 31.0 Å². The van der Waals surface area contributed by atoms with Crippen LogP contribution in [0.5, 0.6) is 0 Å². The molecule has 1 N–H and O–H groups in total. The predicted molar refractivity (Wildman–Crippen MR) is 87.5 cm³/mol. The lowest BCUT2D eigenvalue weighted by Crippen LogP contribution is -2.36. The Bertz CT molecular complexity index is 681. The van der Waals surface area contributed by atoms with E-state index in [1.807, 2.05) is 62.4 Å². The van der Waals surface area contributed by atoms with Gasteiger partial charge in [0.15, 0.2) is 0 Å². The molecule has 0 spiro atoms. The van der Waals surface area contributed by atoms with Crippen LogP contribution in [0, 0.1) is 13.8 Å². The minimum absolute atomic E-state index is 0.403. The molecule has 22 heavy (non-hydrogen) atoms. The molecule has 0 saturated carbocycles. The molecule has 2 rings (SSSR count). The van der Waals surface area contributed by atoms with Gasteiger partial charge in [0.1, 0.15) is 0 Å². The monoisotopic (exact) mass is 296 g/mol. The van der Waals surface area contributed by atoms with Gasteiger partial charge in [0.2, 0.25) is 0 Å². The zero-order chi connectivity index (χ0) is 16.1. The molecule has 0 heterocycles. The molecule has 0 atom stereocenters. The average Bonchev–Trinajstić information content (AvgIpc) is 2.50. The van der Waals surface area contributed by atoms with Gasteiger partial charge in [-0.2, -0.15) is 0 Å². The van der Waals surface area contributed by atoms with E-state index in [4.69, 9.17) is 0 Å². The SMILES string of the molecule is Cc1ccc(NC(=O)C(=O)N(C)Cc2ccccc2)c(C)c1. The molecule has 0 fully saturated rings. The van der Waals surface area contributed by atoms with E-state index in [-0.39, 0.29) is 0 Å². The summed E-state index contributed by atoms with van der Waals surface area (Å²) in [6, 6.07) is 15.3. The summed E-state index contributed by atoms with van der Waals surface area (Å²) >= 11 is 0. The van der Waals surface area contributed by atoms with Crippen molar-refractivity contribution in [3.8, 4) is 0 Å². The lowest BCUT2D eigenvalue weighted by atomic mass is 10.1. The standard InChI is InChI=1S/C18H20N2O2/c1-13-9-10-16(14(2)11-13)19-17(21)18(22)20(3)12-15-7-5-4-6-8-15/h4-11H,12H2,1-3H3,(H,19,21). The fourth-order valence-corrected chi connectivity index (χ4v) is 2.23. The average molecular weight is 296 g/mol. The third-order valence-electron chi connectivity index (χ3n) is 3.43. The van der Waals surface area contributed by atoms with Crippen molar-refractivity contribution in [2.75, 3.05) is 12.4 Å². The summed E-state index contributed by atoms with van der Waals surface area (Å²) in [4.78, 5) is 25.6. The van der Waals surface area contributed by atoms with Crippen LogP contribution in [0.3, 0.4) is 0 Å². The fourth-order valence-electron chi connectivity index (χ4n) is 2.23. The molecule has 4 nitrogen and oxygen atoms in total. The first-order valence-electron chi connectivity index (χ1n) is 7.15. The molecule has 0 saturated heterocycles. The van der Waals surface area contributed by atoms with Crippen LogP contribution < -0.4 is 5.32 Å². The lowest BCUT2D eigenvalue weighted by Gasteiger charge is -2.17. The number of carbonyl (C=O) groups is 2. The van der Waals surface area contributed by atoms with Gasteiger partial charge in [-0.25, -0.2) is 0 Å². The van der Waals surface area contributed by atoms with Crippen molar-refractivity contribution in [1.29, 1.82) is 0 Å². The van der Waals surface area contributed by atoms with Gasteiger partial charge in [0.25, 0.3) is 0 Å². The third kappa shape index (κ3) is 3.95. The minimum Gasteiger partial charge on any atom is -0.333 e. The molecule has 4 heteroatoms. The van der Waals surface area contributed by atoms with E-state index in [1.54, 1.807) is 7.05 Å². The van der Waals surface area contributed by atoms with E-state index in [0.717, 1.165) is 16.7 Å². The van der Waals surface area contributed by atoms with E-state index in [0.29, 0.717) is 12.2 Å². The highest BCUT2D eigenvalue weighted by molar-refractivity contribution is 6.39. The highest BCUT2D eigenvalue weighted by atomic mass is 16.2. The zero-order valence-electron chi connectivity index (χ0n) is 13.1. The van der Waals surface area contributed by atoms with Gasteiger partial charge in [-0.1, -0.05) is 48.0 Å². The number of hydrogen-bond donors (Lipinski definition) is 1. The molecule has 0 aromatic heterocycles. The number of rotatable bonds is 3. The highest BCUT2D eigenvalue weighted by Gasteiger charge is 2.19. The summed E-state index contributed by atoms with van der Waals surface area (Å²) in [5, 5.41) is 2.67. The fraction of sp³-hybridized carbons (Fsp3) is 0.222. The molecule has 0 unspecified atom stereocenters. The van der Waals surface area contributed by atoms with Gasteiger partial charge >= 0.3 is 11.8 Å². The van der Waals surface area contributed by atoms with Crippen LogP contribution in [-0.2, 0) is 16.1 Å². The Morgan fingerprint density at radius 2 is 1.73 bits per heavy atom. The van der Waals surface area contributed by atoms with Crippen LogP contribution >= 0.6 is 0 Å². The summed E-state index contributed by atoms with van der Waals surface area (Å²) in [5.41, 5.74) is 3.70. The zero-order valence-corrected chi connectivity index (χ0v) is 13.1. The van der Waals surface area contributed by atoms with Gasteiger partial charge in [0.05, 0.1) is 0 Å². The molecular weight excluding hydrogens is 276 g/mol. The number of nitrogens with one attached hydrogen (secondary N) is 1. The number of benzene rings is 2. The Kier molecular flexibility index (Phi) is 4.94. The van der Waals surface area contributed by atoms with Gasteiger partial charge in [-0.3, -0.25) is 9.59 Å². The van der Waals surface area contributed by atoms with Crippen LogP contribution in [0.25, 0.3) is 0 Å². The summed E-state index contributed by atoms with van der Waals surface area (Å²) in [6.07, 6.45) is 0. The summed E-state index contributed by atoms with van der Waals surface area (Å²) in [5.74, 6) is -1.17. The van der Waals surface area contributed by atoms with Crippen LogP contribution in [0.4, 0.5) is 5.69 Å². The number of hydrogen-bond acceptors (Lipinski definition) is 2. The molecule has 0 aliphatic carbocycles. The Morgan fingerprint density at radius 1 is 1.05 bits per heavy atom. The van der Waals surface area contributed by atoms with Gasteiger partial charge in [-0.15, -0.1) is 0 Å². The molecule has 0 radical (unpaired) electrons. The summed E-state index contributed by atoms with van der Waals surface area (Å²) in [7, 11) is 1.62. The molecule has 2 aromatic carbocycles. The van der Waals surface area contributed by atoms with Crippen molar-refractivity contribution in [3.05, 3.63) is 65.2 Å². The normalized spacial score (nSPS) is 10.1. The van der Waals surface area contributed by atoms with Crippen molar-refractivity contribution in [3.63, 3.8) is 0 Å². The number of likely N-dealkylation sites (N-methyl/N-ethyl adjacent to an activating group) is 1. The van der Waals surface area contributed by atoms with Crippen molar-refractivity contribution in [1.82, 2.24) is 4.90 Å². The van der Waals surface area contributed by atoms with Crippen molar-refractivity contribution < 1.29 is 9.59 Å². The summed E-state index contributed by atoms with van der Waals surface area (Å²) < 4.78 is 0. The van der Waals surface area contributed by atoms with E-state index < -0.39 is 11.8 Å². The van der Waals surface area contributed by atoms with Crippen molar-refractivity contribution >= 4 is 17.5 Å². The lowest BCUT2D eigenvalue weighted by molar-refractivity contribution is -0.142. The van der Waals surface area contributed by atoms with Crippen LogP contribution in [0.15, 0.2) is 48.5 Å². The second-order valence-corrected chi connectivity index (χ2v) is 5.42. The van der Waals surface area contributed by atoms with E-state index in [9.17, 15) is 9.59 Å². The Labute approximate surface area is 130 Å². The van der Waals surface area contributed by atoms with E-state index in [1.165, 1.54) is 4.90 Å². The van der Waals surface area contributed by atoms with Crippen LogP contribution in [-0.4, -0.2) is 23.8 Å². The number of anilines is 1. The minimum atomic E-state index is -0.620. The first-order valence-corrected chi connectivity index (χ1v) is 7.15. The molecule has 0 aliphatic heterocycles. The van der Waals surface area contributed by atoms with E-state index in [2.05, 4.69) is 5.32 Å². The Balaban J connectivity index is 2.01. The molecular formula is C18H20N2O2. The number of nitrogens with zero attached hydrogens (tertiary/aromatic N) is 1. The van der Waals surface area contributed by atoms with Gasteiger partial charge in [0, 0.05) is 19.3 Å². The quantitative estimate of drug-likeness (QED) is 0.885. The molecule has 2 amide bonds. The van der Waals surface area contributed by atoms with Crippen molar-refractivity contribution in [2.45, 2.75) is 20.4 Å². The molecule has 0 aliphatic rings. The Hall–Kier alpha value is -2.62. The summed E-state index contributed by atoms with van der Waals surface area (Å²) in [6.45, 7) is 4.29. The molecule has 0 bridgehead atoms. The van der Waals surface area contributed by atoms with Crippen molar-refractivity contribution in [2.24, 2.45) is 0 Å².